The van der Waals surface area contributed by atoms with Crippen LogP contribution in [0.15, 0.2) is 66.7 Å². The van der Waals surface area contributed by atoms with Crippen LogP contribution in [0.1, 0.15) is 17.4 Å². The molecule has 2 N–H and O–H groups in total. The SMILES string of the molecule is CCc1ccccc1NC(=O)CNC(=O)/C=C/c1ccc(-c2ccc(F)cc2)s1. The number of rotatable bonds is 7. The van der Waals surface area contributed by atoms with Crippen LogP contribution in [-0.2, 0) is 16.0 Å². The Bertz CT molecular complexity index is 1030. The topological polar surface area (TPSA) is 58.2 Å². The van der Waals surface area contributed by atoms with Gasteiger partial charge < -0.3 is 10.6 Å². The van der Waals surface area contributed by atoms with Gasteiger partial charge in [0.25, 0.3) is 0 Å². The fourth-order valence-electron chi connectivity index (χ4n) is 2.74. The predicted octanol–water partition coefficient (Wildman–Crippen LogP) is 4.88. The van der Waals surface area contributed by atoms with E-state index in [2.05, 4.69) is 10.6 Å². The highest BCUT2D eigenvalue weighted by Crippen LogP contribution is 2.28. The van der Waals surface area contributed by atoms with E-state index in [4.69, 9.17) is 0 Å². The summed E-state index contributed by atoms with van der Waals surface area (Å²) in [6.45, 7) is 1.91. The molecule has 0 saturated heterocycles. The number of anilines is 1. The lowest BCUT2D eigenvalue weighted by molar-refractivity contribution is -0.121. The zero-order chi connectivity index (χ0) is 20.6. The number of carbonyl (C=O) groups is 2. The van der Waals surface area contributed by atoms with Crippen molar-refractivity contribution in [3.8, 4) is 10.4 Å². The van der Waals surface area contributed by atoms with Crippen molar-refractivity contribution in [2.45, 2.75) is 13.3 Å². The van der Waals surface area contributed by atoms with Gasteiger partial charge in [0.05, 0.1) is 6.54 Å². The van der Waals surface area contributed by atoms with Crippen LogP contribution in [0.5, 0.6) is 0 Å². The van der Waals surface area contributed by atoms with Crippen molar-refractivity contribution < 1.29 is 14.0 Å². The van der Waals surface area contributed by atoms with E-state index in [9.17, 15) is 14.0 Å². The Morgan fingerprint density at radius 1 is 1.03 bits per heavy atom. The van der Waals surface area contributed by atoms with E-state index in [0.29, 0.717) is 0 Å². The van der Waals surface area contributed by atoms with Crippen LogP contribution in [0, 0.1) is 5.82 Å². The van der Waals surface area contributed by atoms with Crippen LogP contribution < -0.4 is 10.6 Å². The van der Waals surface area contributed by atoms with E-state index in [1.807, 2.05) is 43.3 Å². The number of hydrogen-bond acceptors (Lipinski definition) is 3. The number of nitrogens with one attached hydrogen (secondary N) is 2. The van der Waals surface area contributed by atoms with Gasteiger partial charge in [-0.05, 0) is 54.0 Å². The number of halogens is 1. The van der Waals surface area contributed by atoms with Gasteiger partial charge in [0.15, 0.2) is 0 Å². The molecule has 2 aromatic carbocycles. The van der Waals surface area contributed by atoms with Crippen LogP contribution in [-0.4, -0.2) is 18.4 Å². The molecule has 0 aliphatic rings. The largest absolute Gasteiger partial charge is 0.343 e. The molecule has 0 aliphatic heterocycles. The van der Waals surface area contributed by atoms with Crippen molar-refractivity contribution in [2.24, 2.45) is 0 Å². The lowest BCUT2D eigenvalue weighted by Crippen LogP contribution is -2.31. The molecule has 0 aliphatic carbocycles. The second-order valence-corrected chi connectivity index (χ2v) is 7.43. The molecule has 0 radical (unpaired) electrons. The van der Waals surface area contributed by atoms with E-state index >= 15 is 0 Å². The number of hydrogen-bond donors (Lipinski definition) is 2. The maximum atomic E-state index is 13.0. The lowest BCUT2D eigenvalue weighted by Gasteiger charge is -2.09. The van der Waals surface area contributed by atoms with E-state index in [1.165, 1.54) is 29.5 Å². The first-order valence-corrected chi connectivity index (χ1v) is 10.1. The van der Waals surface area contributed by atoms with E-state index in [1.54, 1.807) is 18.2 Å². The molecule has 4 nitrogen and oxygen atoms in total. The molecule has 0 atom stereocenters. The van der Waals surface area contributed by atoms with Gasteiger partial charge in [-0.1, -0.05) is 37.3 Å². The number of aryl methyl sites for hydroxylation is 1. The summed E-state index contributed by atoms with van der Waals surface area (Å²) in [7, 11) is 0. The zero-order valence-corrected chi connectivity index (χ0v) is 16.8. The normalized spacial score (nSPS) is 10.8. The second-order valence-electron chi connectivity index (χ2n) is 6.32. The van der Waals surface area contributed by atoms with Crippen LogP contribution in [0.25, 0.3) is 16.5 Å². The predicted molar refractivity (Wildman–Crippen MR) is 116 cm³/mol. The first-order valence-electron chi connectivity index (χ1n) is 9.24. The Hall–Kier alpha value is -3.25. The molecule has 29 heavy (non-hydrogen) atoms. The third-order valence-electron chi connectivity index (χ3n) is 4.25. The minimum Gasteiger partial charge on any atom is -0.343 e. The van der Waals surface area contributed by atoms with E-state index in [0.717, 1.165) is 33.0 Å². The third-order valence-corrected chi connectivity index (χ3v) is 5.35. The second kappa shape index (κ2) is 9.80. The average molecular weight is 408 g/mol. The first-order chi connectivity index (χ1) is 14.0. The quantitative estimate of drug-likeness (QED) is 0.547. The average Bonchev–Trinajstić information content (AvgIpc) is 3.21. The number of para-hydroxylation sites is 1. The Labute approximate surface area is 173 Å². The lowest BCUT2D eigenvalue weighted by atomic mass is 10.1. The standard InChI is InChI=1S/C23H21FN2O2S/c1-2-16-5-3-4-6-20(16)26-23(28)15-25-22(27)14-12-19-11-13-21(29-19)17-7-9-18(24)10-8-17/h3-14H,2,15H2,1H3,(H,25,27)(H,26,28)/b14-12+. The molecule has 6 heteroatoms. The van der Waals surface area contributed by atoms with Gasteiger partial charge in [0.2, 0.25) is 11.8 Å². The zero-order valence-electron chi connectivity index (χ0n) is 15.9. The van der Waals surface area contributed by atoms with E-state index < -0.39 is 0 Å². The van der Waals surface area contributed by atoms with Crippen molar-refractivity contribution in [3.05, 3.63) is 83.0 Å². The maximum Gasteiger partial charge on any atom is 0.244 e. The van der Waals surface area contributed by atoms with Crippen molar-refractivity contribution in [2.75, 3.05) is 11.9 Å². The summed E-state index contributed by atoms with van der Waals surface area (Å²) in [4.78, 5) is 25.9. The summed E-state index contributed by atoms with van der Waals surface area (Å²) in [5, 5.41) is 5.39. The monoisotopic (exact) mass is 408 g/mol. The number of benzene rings is 2. The van der Waals surface area contributed by atoms with Gasteiger partial charge in [-0.15, -0.1) is 11.3 Å². The Morgan fingerprint density at radius 2 is 1.79 bits per heavy atom. The highest BCUT2D eigenvalue weighted by molar-refractivity contribution is 7.16. The van der Waals surface area contributed by atoms with Crippen molar-refractivity contribution >= 4 is 34.9 Å². The number of carbonyl (C=O) groups excluding carboxylic acids is 2. The number of thiophene rings is 1. The molecule has 0 saturated carbocycles. The van der Waals surface area contributed by atoms with E-state index in [-0.39, 0.29) is 24.2 Å². The molecule has 2 amide bonds. The first kappa shape index (κ1) is 20.5. The molecule has 0 fully saturated rings. The smallest absolute Gasteiger partial charge is 0.244 e. The van der Waals surface area contributed by atoms with Gasteiger partial charge in [0, 0.05) is 21.5 Å². The highest BCUT2D eigenvalue weighted by atomic mass is 32.1. The van der Waals surface area contributed by atoms with Crippen LogP contribution in [0.4, 0.5) is 10.1 Å². The molecule has 0 unspecified atom stereocenters. The van der Waals surface area contributed by atoms with Gasteiger partial charge in [0.1, 0.15) is 5.82 Å². The minimum atomic E-state index is -0.347. The molecule has 0 spiro atoms. The van der Waals surface area contributed by atoms with Crippen LogP contribution >= 0.6 is 11.3 Å². The minimum absolute atomic E-state index is 0.105. The van der Waals surface area contributed by atoms with Gasteiger partial charge >= 0.3 is 0 Å². The summed E-state index contributed by atoms with van der Waals surface area (Å²) in [6, 6.07) is 17.7. The Morgan fingerprint density at radius 3 is 2.55 bits per heavy atom. The molecule has 3 aromatic rings. The molecule has 3 rings (SSSR count). The molecule has 0 bridgehead atoms. The van der Waals surface area contributed by atoms with Gasteiger partial charge in [-0.25, -0.2) is 4.39 Å². The highest BCUT2D eigenvalue weighted by Gasteiger charge is 2.07. The fourth-order valence-corrected chi connectivity index (χ4v) is 3.66. The van der Waals surface area contributed by atoms with Gasteiger partial charge in [-0.2, -0.15) is 0 Å². The third kappa shape index (κ3) is 5.86. The molecule has 1 aromatic heterocycles. The molecule has 148 valence electrons. The van der Waals surface area contributed by atoms with Crippen LogP contribution in [0.2, 0.25) is 0 Å². The Balaban J connectivity index is 1.51. The van der Waals surface area contributed by atoms with Crippen molar-refractivity contribution in [3.63, 3.8) is 0 Å². The van der Waals surface area contributed by atoms with Crippen molar-refractivity contribution in [1.82, 2.24) is 5.32 Å². The summed E-state index contributed by atoms with van der Waals surface area (Å²) < 4.78 is 13.0. The Kier molecular flexibility index (Phi) is 6.92. The van der Waals surface area contributed by atoms with Crippen molar-refractivity contribution in [1.29, 1.82) is 0 Å². The molecular weight excluding hydrogens is 387 g/mol. The molecular formula is C23H21FN2O2S. The van der Waals surface area contributed by atoms with Gasteiger partial charge in [-0.3, -0.25) is 9.59 Å². The van der Waals surface area contributed by atoms with Crippen LogP contribution in [0.3, 0.4) is 0 Å². The fraction of sp³-hybridized carbons (Fsp3) is 0.130. The maximum absolute atomic E-state index is 13.0. The summed E-state index contributed by atoms with van der Waals surface area (Å²) >= 11 is 1.50. The summed E-state index contributed by atoms with van der Waals surface area (Å²) in [5.41, 5.74) is 2.72. The summed E-state index contributed by atoms with van der Waals surface area (Å²) in [5.74, 6) is -0.896. The molecule has 1 heterocycles. The summed E-state index contributed by atoms with van der Waals surface area (Å²) in [6.07, 6.45) is 3.90. The number of amides is 2.